The van der Waals surface area contributed by atoms with Gasteiger partial charge >= 0.3 is 0 Å². The number of ether oxygens (including phenoxy) is 1. The van der Waals surface area contributed by atoms with Crippen LogP contribution in [-0.2, 0) is 11.2 Å². The van der Waals surface area contributed by atoms with Crippen molar-refractivity contribution in [3.63, 3.8) is 0 Å². The molecular formula is C26H32F2N6O2. The second-order valence-corrected chi connectivity index (χ2v) is 10.8. The lowest BCUT2D eigenvalue weighted by Gasteiger charge is -2.30. The molecule has 3 fully saturated rings. The fraction of sp³-hybridized carbons (Fsp3) is 0.615. The highest BCUT2D eigenvalue weighted by molar-refractivity contribution is 6.02. The molecule has 0 radical (unpaired) electrons. The molecule has 1 aliphatic carbocycles. The normalized spacial score (nSPS) is 26.1. The van der Waals surface area contributed by atoms with Crippen molar-refractivity contribution in [3.05, 3.63) is 41.5 Å². The number of anilines is 1. The van der Waals surface area contributed by atoms with Crippen molar-refractivity contribution < 1.29 is 18.3 Å². The van der Waals surface area contributed by atoms with E-state index in [1.807, 2.05) is 6.07 Å². The maximum Gasteiger partial charge on any atom is 0.282 e. The van der Waals surface area contributed by atoms with Crippen LogP contribution in [-0.4, -0.2) is 55.5 Å². The van der Waals surface area contributed by atoms with E-state index in [0.29, 0.717) is 35.7 Å². The zero-order valence-electron chi connectivity index (χ0n) is 20.7. The molecule has 0 amide bonds. The van der Waals surface area contributed by atoms with Gasteiger partial charge in [-0.1, -0.05) is 13.8 Å². The highest BCUT2D eigenvalue weighted by Gasteiger charge is 2.39. The Morgan fingerprint density at radius 3 is 2.67 bits per heavy atom. The lowest BCUT2D eigenvalue weighted by atomic mass is 9.80. The highest BCUT2D eigenvalue weighted by Crippen LogP contribution is 2.37. The van der Waals surface area contributed by atoms with Crippen LogP contribution in [0.4, 0.5) is 14.6 Å². The third kappa shape index (κ3) is 4.19. The van der Waals surface area contributed by atoms with Crippen molar-refractivity contribution in [2.75, 3.05) is 18.1 Å². The fourth-order valence-electron chi connectivity index (χ4n) is 6.15. The third-order valence-electron chi connectivity index (χ3n) is 8.31. The standard InChI is InChI=1S/C26H32F2N6O2/c1-15(2)16-3-5-18(6-4-16)34-12-17(24(31-34)25(27)28)9-22(35)21-11-29-33-8-7-23(30-26(21)33)32-13-20-10-19(32)14-36-20/h7-8,11-12,15-16,18-20,25H,3-6,9-10,13-14H2,1-2H3/t16?,18?,19-,20-/m0/s1. The van der Waals surface area contributed by atoms with Crippen LogP contribution in [0.1, 0.15) is 80.0 Å². The van der Waals surface area contributed by atoms with Gasteiger partial charge in [-0.2, -0.15) is 10.2 Å². The third-order valence-corrected chi connectivity index (χ3v) is 8.31. The number of hydrogen-bond donors (Lipinski definition) is 0. The molecule has 0 spiro atoms. The van der Waals surface area contributed by atoms with E-state index >= 15 is 0 Å². The van der Waals surface area contributed by atoms with E-state index in [1.165, 1.54) is 6.20 Å². The van der Waals surface area contributed by atoms with Crippen LogP contribution in [0, 0.1) is 11.8 Å². The van der Waals surface area contributed by atoms with Gasteiger partial charge in [-0.15, -0.1) is 0 Å². The van der Waals surface area contributed by atoms with Gasteiger partial charge in [0.1, 0.15) is 11.5 Å². The SMILES string of the molecule is CC(C)C1CCC(n2cc(CC(=O)c3cnn4ccc(N5C[C@@H]6C[C@H]5CO6)nc34)c(C(F)F)n2)CC1. The van der Waals surface area contributed by atoms with Crippen LogP contribution in [0.5, 0.6) is 0 Å². The monoisotopic (exact) mass is 498 g/mol. The second-order valence-electron chi connectivity index (χ2n) is 10.8. The summed E-state index contributed by atoms with van der Waals surface area (Å²) in [5.74, 6) is 1.79. The highest BCUT2D eigenvalue weighted by atomic mass is 19.3. The number of carbonyl (C=O) groups is 1. The van der Waals surface area contributed by atoms with E-state index < -0.39 is 6.43 Å². The van der Waals surface area contributed by atoms with Gasteiger partial charge in [0.05, 0.1) is 36.6 Å². The average molecular weight is 499 g/mol. The molecule has 0 unspecified atom stereocenters. The molecule has 3 aromatic heterocycles. The Hall–Kier alpha value is -2.88. The van der Waals surface area contributed by atoms with Crippen LogP contribution in [0.3, 0.4) is 0 Å². The van der Waals surface area contributed by atoms with E-state index in [2.05, 4.69) is 28.9 Å². The Morgan fingerprint density at radius 2 is 2.00 bits per heavy atom. The van der Waals surface area contributed by atoms with Gasteiger partial charge in [0, 0.05) is 30.9 Å². The molecule has 192 valence electrons. The molecule has 6 rings (SSSR count). The van der Waals surface area contributed by atoms with Gasteiger partial charge in [0.15, 0.2) is 11.4 Å². The first kappa shape index (κ1) is 23.5. The van der Waals surface area contributed by atoms with Gasteiger partial charge in [-0.25, -0.2) is 18.3 Å². The average Bonchev–Trinajstić information content (AvgIpc) is 3.66. The molecule has 2 saturated heterocycles. The summed E-state index contributed by atoms with van der Waals surface area (Å²) in [5, 5.41) is 8.52. The van der Waals surface area contributed by atoms with Gasteiger partial charge in [0.25, 0.3) is 6.43 Å². The summed E-state index contributed by atoms with van der Waals surface area (Å²) in [5.41, 5.74) is 0.764. The lowest BCUT2D eigenvalue weighted by Crippen LogP contribution is -2.37. The largest absolute Gasteiger partial charge is 0.374 e. The molecule has 3 aromatic rings. The number of morpholine rings is 1. The first-order valence-electron chi connectivity index (χ1n) is 13.0. The molecular weight excluding hydrogens is 466 g/mol. The maximum absolute atomic E-state index is 13.9. The molecule has 5 heterocycles. The quantitative estimate of drug-likeness (QED) is 0.441. The number of aromatic nitrogens is 5. The van der Waals surface area contributed by atoms with E-state index in [-0.39, 0.29) is 35.6 Å². The van der Waals surface area contributed by atoms with E-state index in [1.54, 1.807) is 21.6 Å². The summed E-state index contributed by atoms with van der Waals surface area (Å²) in [6.07, 6.45) is 7.23. The number of hydrogen-bond acceptors (Lipinski definition) is 6. The Bertz CT molecular complexity index is 1260. The molecule has 2 bridgehead atoms. The number of halogens is 2. The lowest BCUT2D eigenvalue weighted by molar-refractivity contribution is 0.0985. The Kier molecular flexibility index (Phi) is 6.02. The molecule has 1 saturated carbocycles. The minimum atomic E-state index is -2.73. The number of carbonyl (C=O) groups excluding carboxylic acids is 1. The number of nitrogens with zero attached hydrogens (tertiary/aromatic N) is 6. The topological polar surface area (TPSA) is 77.5 Å². The molecule has 2 atom stereocenters. The van der Waals surface area contributed by atoms with Crippen LogP contribution in [0.15, 0.2) is 24.7 Å². The molecule has 8 nitrogen and oxygen atoms in total. The number of Topliss-reactive ketones (excluding diaryl/α,β-unsaturated/α-hetero) is 1. The minimum absolute atomic E-state index is 0.0994. The molecule has 0 N–H and O–H groups in total. The van der Waals surface area contributed by atoms with Crippen LogP contribution >= 0.6 is 0 Å². The zero-order valence-corrected chi connectivity index (χ0v) is 20.7. The van der Waals surface area contributed by atoms with Crippen molar-refractivity contribution in [2.45, 2.75) is 77.0 Å². The smallest absolute Gasteiger partial charge is 0.282 e. The minimum Gasteiger partial charge on any atom is -0.374 e. The van der Waals surface area contributed by atoms with Gasteiger partial charge in [-0.05, 0) is 50.0 Å². The van der Waals surface area contributed by atoms with Crippen molar-refractivity contribution in [1.29, 1.82) is 0 Å². The summed E-state index contributed by atoms with van der Waals surface area (Å²) in [6, 6.07) is 2.28. The summed E-state index contributed by atoms with van der Waals surface area (Å²) in [6.45, 7) is 5.93. The second kappa shape index (κ2) is 9.21. The van der Waals surface area contributed by atoms with E-state index in [0.717, 1.165) is 44.5 Å². The zero-order chi connectivity index (χ0) is 25.0. The van der Waals surface area contributed by atoms with Crippen LogP contribution in [0.25, 0.3) is 5.65 Å². The van der Waals surface area contributed by atoms with Gasteiger partial charge in [-0.3, -0.25) is 9.48 Å². The van der Waals surface area contributed by atoms with E-state index in [4.69, 9.17) is 9.72 Å². The summed E-state index contributed by atoms with van der Waals surface area (Å²) in [7, 11) is 0. The Labute approximate surface area is 208 Å². The summed E-state index contributed by atoms with van der Waals surface area (Å²) >= 11 is 0. The van der Waals surface area contributed by atoms with Crippen molar-refractivity contribution in [3.8, 4) is 0 Å². The molecule has 10 heteroatoms. The number of rotatable bonds is 7. The Balaban J connectivity index is 1.23. The summed E-state index contributed by atoms with van der Waals surface area (Å²) < 4.78 is 36.7. The predicted octanol–water partition coefficient (Wildman–Crippen LogP) is 4.65. The fourth-order valence-corrected chi connectivity index (χ4v) is 6.15. The first-order chi connectivity index (χ1) is 17.4. The predicted molar refractivity (Wildman–Crippen MR) is 130 cm³/mol. The van der Waals surface area contributed by atoms with Gasteiger partial charge < -0.3 is 9.64 Å². The number of alkyl halides is 2. The molecule has 0 aromatic carbocycles. The van der Waals surface area contributed by atoms with Crippen LogP contribution < -0.4 is 4.90 Å². The van der Waals surface area contributed by atoms with Crippen molar-refractivity contribution in [2.24, 2.45) is 11.8 Å². The number of ketones is 1. The van der Waals surface area contributed by atoms with Gasteiger partial charge in [0.2, 0.25) is 0 Å². The van der Waals surface area contributed by atoms with Crippen molar-refractivity contribution >= 4 is 17.2 Å². The molecule has 3 aliphatic rings. The molecule has 2 aliphatic heterocycles. The van der Waals surface area contributed by atoms with E-state index in [9.17, 15) is 13.6 Å². The van der Waals surface area contributed by atoms with Crippen LogP contribution in [0.2, 0.25) is 0 Å². The first-order valence-corrected chi connectivity index (χ1v) is 13.0. The van der Waals surface area contributed by atoms with Crippen molar-refractivity contribution in [1.82, 2.24) is 24.4 Å². The molecule has 36 heavy (non-hydrogen) atoms. The Morgan fingerprint density at radius 1 is 1.19 bits per heavy atom. The maximum atomic E-state index is 13.9. The number of fused-ring (bicyclic) bond motifs is 3. The summed E-state index contributed by atoms with van der Waals surface area (Å²) in [4.78, 5) is 20.3.